The smallest absolute Gasteiger partial charge is 0.247 e. The van der Waals surface area contributed by atoms with E-state index in [2.05, 4.69) is 19.1 Å². The van der Waals surface area contributed by atoms with Crippen molar-refractivity contribution in [3.05, 3.63) is 114 Å². The fourth-order valence-electron chi connectivity index (χ4n) is 4.78. The van der Waals surface area contributed by atoms with Crippen molar-refractivity contribution in [3.8, 4) is 16.9 Å². The highest BCUT2D eigenvalue weighted by Gasteiger charge is 2.34. The summed E-state index contributed by atoms with van der Waals surface area (Å²) in [6.07, 6.45) is 6.64. The Balaban J connectivity index is 1.46. The first kappa shape index (κ1) is 25.7. The number of carbonyl (C=O) groups is 1. The van der Waals surface area contributed by atoms with E-state index in [1.807, 2.05) is 83.7 Å². The van der Waals surface area contributed by atoms with Gasteiger partial charge in [-0.25, -0.2) is 13.1 Å². The van der Waals surface area contributed by atoms with Crippen molar-refractivity contribution in [1.29, 1.82) is 0 Å². The van der Waals surface area contributed by atoms with Crippen LogP contribution in [0.3, 0.4) is 0 Å². The molecule has 5 rings (SSSR count). The van der Waals surface area contributed by atoms with Gasteiger partial charge in [-0.2, -0.15) is 5.10 Å². The van der Waals surface area contributed by atoms with Crippen LogP contribution in [0.15, 0.2) is 97.2 Å². The molecule has 2 heterocycles. The molecule has 1 aromatic heterocycles. The standard InChI is InChI=1S/C31H31N3O3S/c1-2-24-13-15-25(16-14-24)21-33(29-19-20-38(36,37)23-29)30(35)18-17-27-22-34(28-11-7-4-8-12-28)32-31(27)26-9-5-3-6-10-26/h3-18,22,29H,2,19-21,23H2,1H3/b18-17+. The molecule has 194 valence electrons. The van der Waals surface area contributed by atoms with Gasteiger partial charge in [0.25, 0.3) is 0 Å². The van der Waals surface area contributed by atoms with Crippen LogP contribution < -0.4 is 0 Å². The number of hydrogen-bond acceptors (Lipinski definition) is 4. The zero-order valence-electron chi connectivity index (χ0n) is 21.4. The summed E-state index contributed by atoms with van der Waals surface area (Å²) >= 11 is 0. The van der Waals surface area contributed by atoms with Crippen molar-refractivity contribution in [1.82, 2.24) is 14.7 Å². The van der Waals surface area contributed by atoms with Crippen LogP contribution in [0.1, 0.15) is 30.0 Å². The van der Waals surface area contributed by atoms with E-state index in [4.69, 9.17) is 5.10 Å². The van der Waals surface area contributed by atoms with Gasteiger partial charge in [0.2, 0.25) is 5.91 Å². The molecule has 0 radical (unpaired) electrons. The molecule has 4 aromatic rings. The number of carbonyl (C=O) groups excluding carboxylic acids is 1. The zero-order chi connectivity index (χ0) is 26.5. The van der Waals surface area contributed by atoms with Crippen LogP contribution in [0.5, 0.6) is 0 Å². The van der Waals surface area contributed by atoms with Gasteiger partial charge in [0.05, 0.1) is 22.9 Å². The molecule has 0 bridgehead atoms. The lowest BCUT2D eigenvalue weighted by atomic mass is 10.1. The van der Waals surface area contributed by atoms with Gasteiger partial charge in [-0.05, 0) is 42.2 Å². The third kappa shape index (κ3) is 5.94. The average molecular weight is 526 g/mol. The number of hydrogen-bond donors (Lipinski definition) is 0. The van der Waals surface area contributed by atoms with Crippen LogP contribution in [0, 0.1) is 0 Å². The summed E-state index contributed by atoms with van der Waals surface area (Å²) < 4.78 is 26.3. The Morgan fingerprint density at radius 1 is 0.974 bits per heavy atom. The van der Waals surface area contributed by atoms with Gasteiger partial charge in [0, 0.05) is 36.0 Å². The molecule has 1 amide bonds. The Kier molecular flexibility index (Phi) is 7.56. The summed E-state index contributed by atoms with van der Waals surface area (Å²) in [6, 6.07) is 27.5. The first-order valence-electron chi connectivity index (χ1n) is 12.9. The lowest BCUT2D eigenvalue weighted by Crippen LogP contribution is -2.39. The van der Waals surface area contributed by atoms with Crippen LogP contribution >= 0.6 is 0 Å². The van der Waals surface area contributed by atoms with Crippen LogP contribution in [0.25, 0.3) is 23.0 Å². The predicted octanol–water partition coefficient (Wildman–Crippen LogP) is 5.33. The molecule has 3 aromatic carbocycles. The Bertz CT molecular complexity index is 1530. The minimum atomic E-state index is -3.15. The van der Waals surface area contributed by atoms with Crippen molar-refractivity contribution in [3.63, 3.8) is 0 Å². The van der Waals surface area contributed by atoms with E-state index >= 15 is 0 Å². The van der Waals surface area contributed by atoms with Crippen LogP contribution in [-0.4, -0.2) is 46.6 Å². The summed E-state index contributed by atoms with van der Waals surface area (Å²) in [5.41, 5.74) is 5.64. The molecule has 1 fully saturated rings. The molecule has 1 unspecified atom stereocenters. The van der Waals surface area contributed by atoms with Crippen molar-refractivity contribution >= 4 is 21.8 Å². The highest BCUT2D eigenvalue weighted by molar-refractivity contribution is 7.91. The molecule has 1 aliphatic rings. The summed E-state index contributed by atoms with van der Waals surface area (Å²) in [5, 5.41) is 4.82. The molecule has 1 aliphatic heterocycles. The third-order valence-corrected chi connectivity index (χ3v) is 8.68. The molecule has 0 N–H and O–H groups in total. The van der Waals surface area contributed by atoms with Crippen molar-refractivity contribution in [2.24, 2.45) is 0 Å². The number of para-hydroxylation sites is 1. The van der Waals surface area contributed by atoms with E-state index in [-0.39, 0.29) is 23.5 Å². The molecule has 1 saturated heterocycles. The zero-order valence-corrected chi connectivity index (χ0v) is 22.2. The topological polar surface area (TPSA) is 72.3 Å². The number of benzene rings is 3. The largest absolute Gasteiger partial charge is 0.331 e. The van der Waals surface area contributed by atoms with Gasteiger partial charge in [-0.15, -0.1) is 0 Å². The van der Waals surface area contributed by atoms with Gasteiger partial charge in [-0.3, -0.25) is 4.79 Å². The van der Waals surface area contributed by atoms with E-state index < -0.39 is 9.84 Å². The highest BCUT2D eigenvalue weighted by Crippen LogP contribution is 2.26. The molecular weight excluding hydrogens is 494 g/mol. The molecule has 0 aliphatic carbocycles. The maximum Gasteiger partial charge on any atom is 0.247 e. The molecule has 38 heavy (non-hydrogen) atoms. The Morgan fingerprint density at radius 2 is 1.63 bits per heavy atom. The number of amides is 1. The maximum absolute atomic E-state index is 13.6. The first-order valence-corrected chi connectivity index (χ1v) is 14.7. The van der Waals surface area contributed by atoms with Gasteiger partial charge < -0.3 is 4.90 Å². The van der Waals surface area contributed by atoms with Gasteiger partial charge in [0.1, 0.15) is 0 Å². The van der Waals surface area contributed by atoms with E-state index in [0.29, 0.717) is 13.0 Å². The minimum Gasteiger partial charge on any atom is -0.331 e. The van der Waals surface area contributed by atoms with E-state index in [1.54, 1.807) is 17.1 Å². The highest BCUT2D eigenvalue weighted by atomic mass is 32.2. The average Bonchev–Trinajstić information content (AvgIpc) is 3.54. The normalized spacial score (nSPS) is 16.6. The summed E-state index contributed by atoms with van der Waals surface area (Å²) in [5.74, 6) is -0.0962. The lowest BCUT2D eigenvalue weighted by molar-refractivity contribution is -0.128. The van der Waals surface area contributed by atoms with E-state index in [0.717, 1.165) is 34.5 Å². The number of aryl methyl sites for hydroxylation is 1. The van der Waals surface area contributed by atoms with Crippen LogP contribution in [0.2, 0.25) is 0 Å². The minimum absolute atomic E-state index is 0.000822. The van der Waals surface area contributed by atoms with Crippen molar-refractivity contribution in [2.75, 3.05) is 11.5 Å². The van der Waals surface area contributed by atoms with Gasteiger partial charge >= 0.3 is 0 Å². The monoisotopic (exact) mass is 525 g/mol. The van der Waals surface area contributed by atoms with E-state index in [9.17, 15) is 13.2 Å². The van der Waals surface area contributed by atoms with Crippen LogP contribution in [-0.2, 0) is 27.6 Å². The third-order valence-electron chi connectivity index (χ3n) is 6.93. The summed E-state index contributed by atoms with van der Waals surface area (Å²) in [7, 11) is -3.15. The Morgan fingerprint density at radius 3 is 2.26 bits per heavy atom. The second-order valence-corrected chi connectivity index (χ2v) is 11.8. The fraction of sp³-hybridized carbons (Fsp3) is 0.226. The molecule has 1 atom stereocenters. The van der Waals surface area contributed by atoms with Gasteiger partial charge in [0.15, 0.2) is 9.84 Å². The number of aromatic nitrogens is 2. The Labute approximate surface area is 224 Å². The lowest BCUT2D eigenvalue weighted by Gasteiger charge is -2.27. The molecular formula is C31H31N3O3S. The molecule has 0 spiro atoms. The quantitative estimate of drug-likeness (QED) is 0.292. The Hall–Kier alpha value is -3.97. The van der Waals surface area contributed by atoms with E-state index in [1.165, 1.54) is 5.56 Å². The summed E-state index contributed by atoms with van der Waals surface area (Å²) in [6.45, 7) is 2.46. The number of sulfone groups is 1. The second kappa shape index (κ2) is 11.2. The first-order chi connectivity index (χ1) is 18.4. The SMILES string of the molecule is CCc1ccc(CN(C(=O)/C=C/c2cn(-c3ccccc3)nc2-c2ccccc2)C2CCS(=O)(=O)C2)cc1. The molecule has 6 nitrogen and oxygen atoms in total. The fourth-order valence-corrected chi connectivity index (χ4v) is 6.52. The second-order valence-electron chi connectivity index (χ2n) is 9.61. The maximum atomic E-state index is 13.6. The predicted molar refractivity (Wildman–Crippen MR) is 151 cm³/mol. The van der Waals surface area contributed by atoms with Crippen LogP contribution in [0.4, 0.5) is 0 Å². The number of nitrogens with zero attached hydrogens (tertiary/aromatic N) is 3. The van der Waals surface area contributed by atoms with Crippen molar-refractivity contribution in [2.45, 2.75) is 32.4 Å². The number of rotatable bonds is 8. The van der Waals surface area contributed by atoms with Gasteiger partial charge in [-0.1, -0.05) is 79.7 Å². The molecule has 7 heteroatoms. The summed E-state index contributed by atoms with van der Waals surface area (Å²) in [4.78, 5) is 15.3. The molecule has 0 saturated carbocycles. The van der Waals surface area contributed by atoms with Crippen molar-refractivity contribution < 1.29 is 13.2 Å².